The first kappa shape index (κ1) is 17.5. The molecule has 132 valence electrons. The highest BCUT2D eigenvalue weighted by Crippen LogP contribution is 2.35. The summed E-state index contributed by atoms with van der Waals surface area (Å²) in [5.41, 5.74) is 2.33. The maximum atomic E-state index is 6.40. The number of imidazole rings is 1. The summed E-state index contributed by atoms with van der Waals surface area (Å²) >= 11 is 0. The molecule has 1 fully saturated rings. The number of para-hydroxylation sites is 2. The predicted octanol–water partition coefficient (Wildman–Crippen LogP) is 5.08. The van der Waals surface area contributed by atoms with Crippen molar-refractivity contribution in [1.82, 2.24) is 9.55 Å². The number of fused-ring (bicyclic) bond motifs is 1. The second-order valence-corrected chi connectivity index (χ2v) is 7.76. The SMILES string of the molecule is CCc1nc2ccccc2n1CCO[C@@H]1C[C@H](C)CC[C@H]1C(C)C. The summed E-state index contributed by atoms with van der Waals surface area (Å²) in [6, 6.07) is 8.43. The molecular formula is C21H32N2O. The average Bonchev–Trinajstić information content (AvgIpc) is 2.93. The molecule has 0 amide bonds. The standard InChI is InChI=1S/C21H32N2O/c1-5-21-22-18-8-6-7-9-19(18)23(21)12-13-24-20-14-16(4)10-11-17(20)15(2)3/h6-9,15-17,20H,5,10-14H2,1-4H3/t16-,17+,20-/m1/s1. The first-order valence-corrected chi connectivity index (χ1v) is 9.65. The Morgan fingerprint density at radius 3 is 2.79 bits per heavy atom. The van der Waals surface area contributed by atoms with Crippen molar-refractivity contribution in [2.75, 3.05) is 6.61 Å². The molecule has 1 saturated carbocycles. The van der Waals surface area contributed by atoms with Crippen LogP contribution in [0.5, 0.6) is 0 Å². The summed E-state index contributed by atoms with van der Waals surface area (Å²) in [6.07, 6.45) is 5.28. The fourth-order valence-corrected chi connectivity index (χ4v) is 4.25. The minimum absolute atomic E-state index is 0.425. The van der Waals surface area contributed by atoms with Crippen molar-refractivity contribution in [2.45, 2.75) is 66.0 Å². The zero-order valence-corrected chi connectivity index (χ0v) is 15.7. The number of aryl methyl sites for hydroxylation is 1. The minimum Gasteiger partial charge on any atom is -0.376 e. The second kappa shape index (κ2) is 7.69. The second-order valence-electron chi connectivity index (χ2n) is 7.76. The topological polar surface area (TPSA) is 27.1 Å². The molecule has 3 atom stereocenters. The van der Waals surface area contributed by atoms with Crippen molar-refractivity contribution in [1.29, 1.82) is 0 Å². The van der Waals surface area contributed by atoms with Gasteiger partial charge in [-0.1, -0.05) is 46.2 Å². The van der Waals surface area contributed by atoms with Gasteiger partial charge in [-0.2, -0.15) is 0 Å². The molecular weight excluding hydrogens is 296 g/mol. The number of rotatable bonds is 6. The maximum Gasteiger partial charge on any atom is 0.109 e. The number of nitrogens with zero attached hydrogens (tertiary/aromatic N) is 2. The Labute approximate surface area is 146 Å². The fraction of sp³-hybridized carbons (Fsp3) is 0.667. The van der Waals surface area contributed by atoms with Crippen molar-refractivity contribution in [3.63, 3.8) is 0 Å². The van der Waals surface area contributed by atoms with E-state index < -0.39 is 0 Å². The molecule has 3 rings (SSSR count). The Bertz CT molecular complexity index is 661. The lowest BCUT2D eigenvalue weighted by Gasteiger charge is -2.37. The highest BCUT2D eigenvalue weighted by Gasteiger charge is 2.31. The van der Waals surface area contributed by atoms with E-state index in [2.05, 4.69) is 56.5 Å². The predicted molar refractivity (Wildman–Crippen MR) is 100 cm³/mol. The van der Waals surface area contributed by atoms with Crippen molar-refractivity contribution >= 4 is 11.0 Å². The molecule has 0 saturated heterocycles. The van der Waals surface area contributed by atoms with Gasteiger partial charge in [0.25, 0.3) is 0 Å². The van der Waals surface area contributed by atoms with Gasteiger partial charge in [0, 0.05) is 13.0 Å². The van der Waals surface area contributed by atoms with Crippen molar-refractivity contribution in [3.8, 4) is 0 Å². The van der Waals surface area contributed by atoms with Gasteiger partial charge in [0.15, 0.2) is 0 Å². The van der Waals surface area contributed by atoms with E-state index in [9.17, 15) is 0 Å². The van der Waals surface area contributed by atoms with E-state index in [1.807, 2.05) is 0 Å². The summed E-state index contributed by atoms with van der Waals surface area (Å²) in [6.45, 7) is 10.9. The zero-order valence-electron chi connectivity index (χ0n) is 15.7. The van der Waals surface area contributed by atoms with E-state index in [4.69, 9.17) is 9.72 Å². The summed E-state index contributed by atoms with van der Waals surface area (Å²) in [7, 11) is 0. The third-order valence-electron chi connectivity index (χ3n) is 5.66. The van der Waals surface area contributed by atoms with Gasteiger partial charge in [-0.15, -0.1) is 0 Å². The first-order chi connectivity index (χ1) is 11.6. The Kier molecular flexibility index (Phi) is 5.60. The molecule has 24 heavy (non-hydrogen) atoms. The molecule has 1 aromatic heterocycles. The van der Waals surface area contributed by atoms with E-state index in [0.29, 0.717) is 17.9 Å². The van der Waals surface area contributed by atoms with Gasteiger partial charge in [-0.25, -0.2) is 4.98 Å². The quantitative estimate of drug-likeness (QED) is 0.739. The molecule has 3 nitrogen and oxygen atoms in total. The van der Waals surface area contributed by atoms with Crippen molar-refractivity contribution in [2.24, 2.45) is 17.8 Å². The van der Waals surface area contributed by atoms with Crippen LogP contribution in [0.2, 0.25) is 0 Å². The van der Waals surface area contributed by atoms with Gasteiger partial charge >= 0.3 is 0 Å². The van der Waals surface area contributed by atoms with Crippen molar-refractivity contribution < 1.29 is 4.74 Å². The molecule has 0 unspecified atom stereocenters. The van der Waals surface area contributed by atoms with E-state index in [1.165, 1.54) is 24.8 Å². The lowest BCUT2D eigenvalue weighted by molar-refractivity contribution is -0.0407. The number of ether oxygens (including phenoxy) is 1. The smallest absolute Gasteiger partial charge is 0.109 e. The number of aromatic nitrogens is 2. The van der Waals surface area contributed by atoms with Gasteiger partial charge < -0.3 is 9.30 Å². The van der Waals surface area contributed by atoms with Gasteiger partial charge in [0.1, 0.15) is 5.82 Å². The Balaban J connectivity index is 1.67. The maximum absolute atomic E-state index is 6.40. The summed E-state index contributed by atoms with van der Waals surface area (Å²) in [4.78, 5) is 4.76. The Hall–Kier alpha value is -1.35. The van der Waals surface area contributed by atoms with Crippen LogP contribution in [0.15, 0.2) is 24.3 Å². The first-order valence-electron chi connectivity index (χ1n) is 9.65. The van der Waals surface area contributed by atoms with Crippen LogP contribution in [-0.2, 0) is 17.7 Å². The van der Waals surface area contributed by atoms with Gasteiger partial charge in [0.05, 0.1) is 23.7 Å². The Morgan fingerprint density at radius 1 is 1.25 bits per heavy atom. The minimum atomic E-state index is 0.425. The van der Waals surface area contributed by atoms with Crippen molar-refractivity contribution in [3.05, 3.63) is 30.1 Å². The normalized spacial score (nSPS) is 24.8. The summed E-state index contributed by atoms with van der Waals surface area (Å²) < 4.78 is 8.74. The van der Waals surface area contributed by atoms with Crippen LogP contribution in [0.4, 0.5) is 0 Å². The largest absolute Gasteiger partial charge is 0.376 e. The van der Waals surface area contributed by atoms with Crippen LogP contribution in [0.3, 0.4) is 0 Å². The van der Waals surface area contributed by atoms with Crippen LogP contribution < -0.4 is 0 Å². The van der Waals surface area contributed by atoms with E-state index in [-0.39, 0.29) is 0 Å². The van der Waals surface area contributed by atoms with Crippen LogP contribution in [0.1, 0.15) is 52.8 Å². The molecule has 0 spiro atoms. The summed E-state index contributed by atoms with van der Waals surface area (Å²) in [5.74, 6) is 3.39. The number of benzene rings is 1. The molecule has 1 aliphatic carbocycles. The molecule has 3 heteroatoms. The Morgan fingerprint density at radius 2 is 2.04 bits per heavy atom. The zero-order chi connectivity index (χ0) is 17.1. The van der Waals surface area contributed by atoms with Gasteiger partial charge in [-0.3, -0.25) is 0 Å². The molecule has 0 bridgehead atoms. The van der Waals surface area contributed by atoms with Crippen LogP contribution in [0.25, 0.3) is 11.0 Å². The number of hydrogen-bond donors (Lipinski definition) is 0. The molecule has 1 heterocycles. The van der Waals surface area contributed by atoms with Gasteiger partial charge in [-0.05, 0) is 42.7 Å². The molecule has 0 aliphatic heterocycles. The van der Waals surface area contributed by atoms with Gasteiger partial charge in [0.2, 0.25) is 0 Å². The average molecular weight is 329 g/mol. The third kappa shape index (κ3) is 3.66. The monoisotopic (exact) mass is 328 g/mol. The van der Waals surface area contributed by atoms with Crippen LogP contribution in [0, 0.1) is 17.8 Å². The highest BCUT2D eigenvalue weighted by molar-refractivity contribution is 5.75. The molecule has 1 aromatic carbocycles. The molecule has 2 aromatic rings. The van der Waals surface area contributed by atoms with E-state index in [0.717, 1.165) is 36.8 Å². The third-order valence-corrected chi connectivity index (χ3v) is 5.66. The van der Waals surface area contributed by atoms with E-state index in [1.54, 1.807) is 0 Å². The fourth-order valence-electron chi connectivity index (χ4n) is 4.25. The lowest BCUT2D eigenvalue weighted by Crippen LogP contribution is -2.35. The highest BCUT2D eigenvalue weighted by atomic mass is 16.5. The van der Waals surface area contributed by atoms with E-state index >= 15 is 0 Å². The molecule has 1 aliphatic rings. The molecule has 0 radical (unpaired) electrons. The van der Waals surface area contributed by atoms with Crippen LogP contribution >= 0.6 is 0 Å². The number of hydrogen-bond acceptors (Lipinski definition) is 2. The molecule has 0 N–H and O–H groups in total. The summed E-state index contributed by atoms with van der Waals surface area (Å²) in [5, 5.41) is 0. The van der Waals surface area contributed by atoms with Crippen LogP contribution in [-0.4, -0.2) is 22.3 Å². The lowest BCUT2D eigenvalue weighted by atomic mass is 9.75.